The maximum atomic E-state index is 4.40. The molecular weight excluding hydrogens is 226 g/mol. The number of nitrogens with one attached hydrogen (secondary N) is 1. The first-order valence-electron chi connectivity index (χ1n) is 7.05. The third-order valence-corrected chi connectivity index (χ3v) is 4.09. The molecule has 0 aromatic rings. The minimum Gasteiger partial charge on any atom is -0.355 e. The van der Waals surface area contributed by atoms with Crippen molar-refractivity contribution in [1.29, 1.82) is 0 Å². The third kappa shape index (κ3) is 3.36. The van der Waals surface area contributed by atoms with Crippen LogP contribution in [0.1, 0.15) is 12.8 Å². The van der Waals surface area contributed by atoms with E-state index in [4.69, 9.17) is 0 Å². The van der Waals surface area contributed by atoms with Gasteiger partial charge >= 0.3 is 0 Å². The number of hydrogen-bond donors (Lipinski definition) is 1. The zero-order valence-electron chi connectivity index (χ0n) is 12.0. The number of nitrogens with zero attached hydrogens (tertiary/aromatic N) is 4. The van der Waals surface area contributed by atoms with E-state index in [0.29, 0.717) is 6.04 Å². The molecule has 2 fully saturated rings. The van der Waals surface area contributed by atoms with E-state index in [1.54, 1.807) is 0 Å². The number of aliphatic imine (C=N–C) groups is 1. The molecule has 104 valence electrons. The Hall–Kier alpha value is -0.810. The molecule has 1 unspecified atom stereocenters. The Kier molecular flexibility index (Phi) is 4.83. The van der Waals surface area contributed by atoms with E-state index >= 15 is 0 Å². The summed E-state index contributed by atoms with van der Waals surface area (Å²) in [6.45, 7) is 6.77. The number of rotatable bonds is 2. The van der Waals surface area contributed by atoms with Crippen LogP contribution in [0.4, 0.5) is 0 Å². The van der Waals surface area contributed by atoms with Crippen molar-refractivity contribution in [2.24, 2.45) is 4.99 Å². The van der Waals surface area contributed by atoms with Crippen molar-refractivity contribution in [3.8, 4) is 0 Å². The van der Waals surface area contributed by atoms with Gasteiger partial charge in [-0.1, -0.05) is 0 Å². The molecule has 0 bridgehead atoms. The van der Waals surface area contributed by atoms with Gasteiger partial charge in [-0.2, -0.15) is 0 Å². The van der Waals surface area contributed by atoms with Gasteiger partial charge in [0.25, 0.3) is 0 Å². The van der Waals surface area contributed by atoms with E-state index in [1.807, 2.05) is 7.05 Å². The molecule has 1 N–H and O–H groups in total. The second kappa shape index (κ2) is 6.38. The van der Waals surface area contributed by atoms with Crippen molar-refractivity contribution in [3.63, 3.8) is 0 Å². The Morgan fingerprint density at radius 2 is 1.89 bits per heavy atom. The first-order valence-corrected chi connectivity index (χ1v) is 7.05. The van der Waals surface area contributed by atoms with Gasteiger partial charge in [-0.05, 0) is 26.9 Å². The molecule has 0 spiro atoms. The van der Waals surface area contributed by atoms with Crippen molar-refractivity contribution in [3.05, 3.63) is 0 Å². The molecule has 5 heteroatoms. The molecule has 2 aliphatic rings. The van der Waals surface area contributed by atoms with Crippen LogP contribution in [-0.2, 0) is 0 Å². The lowest BCUT2D eigenvalue weighted by molar-refractivity contribution is 0.116. The standard InChI is InChI=1S/C13H27N5/c1-14-13(18-6-4-5-7-18)15-10-12-11-16(2)8-9-17(12)3/h12H,4-11H2,1-3H3,(H,14,15). The summed E-state index contributed by atoms with van der Waals surface area (Å²) in [4.78, 5) is 11.6. The molecule has 0 saturated carbocycles. The highest BCUT2D eigenvalue weighted by Crippen LogP contribution is 2.08. The smallest absolute Gasteiger partial charge is 0.193 e. The summed E-state index contributed by atoms with van der Waals surface area (Å²) in [5, 5.41) is 3.54. The van der Waals surface area contributed by atoms with Crippen molar-refractivity contribution in [1.82, 2.24) is 20.0 Å². The molecule has 2 rings (SSSR count). The van der Waals surface area contributed by atoms with E-state index in [1.165, 1.54) is 19.4 Å². The van der Waals surface area contributed by atoms with E-state index in [0.717, 1.165) is 38.7 Å². The summed E-state index contributed by atoms with van der Waals surface area (Å²) >= 11 is 0. The molecule has 18 heavy (non-hydrogen) atoms. The lowest BCUT2D eigenvalue weighted by atomic mass is 10.2. The van der Waals surface area contributed by atoms with Crippen LogP contribution in [-0.4, -0.2) is 87.1 Å². The molecule has 0 radical (unpaired) electrons. The highest BCUT2D eigenvalue weighted by Gasteiger charge is 2.23. The zero-order valence-corrected chi connectivity index (χ0v) is 12.0. The average molecular weight is 253 g/mol. The number of hydrogen-bond acceptors (Lipinski definition) is 3. The molecule has 2 heterocycles. The number of guanidine groups is 1. The Bertz CT molecular complexity index is 285. The van der Waals surface area contributed by atoms with E-state index in [9.17, 15) is 0 Å². The normalized spacial score (nSPS) is 27.8. The van der Waals surface area contributed by atoms with Crippen LogP contribution in [0, 0.1) is 0 Å². The summed E-state index contributed by atoms with van der Waals surface area (Å²) in [7, 11) is 6.31. The fraction of sp³-hybridized carbons (Fsp3) is 0.923. The predicted octanol–water partition coefficient (Wildman–Crippen LogP) is -0.0966. The van der Waals surface area contributed by atoms with Crippen LogP contribution >= 0.6 is 0 Å². The molecule has 2 aliphatic heterocycles. The first-order chi connectivity index (χ1) is 8.70. The summed E-state index contributed by atoms with van der Waals surface area (Å²) in [5.74, 6) is 1.08. The molecule has 2 saturated heterocycles. The topological polar surface area (TPSA) is 34.1 Å². The van der Waals surface area contributed by atoms with E-state index in [-0.39, 0.29) is 0 Å². The zero-order chi connectivity index (χ0) is 13.0. The Labute approximate surface area is 111 Å². The highest BCUT2D eigenvalue weighted by molar-refractivity contribution is 5.80. The Morgan fingerprint density at radius 1 is 1.17 bits per heavy atom. The fourth-order valence-corrected chi connectivity index (χ4v) is 2.79. The van der Waals surface area contributed by atoms with Crippen molar-refractivity contribution >= 4 is 5.96 Å². The van der Waals surface area contributed by atoms with Gasteiger partial charge in [-0.3, -0.25) is 9.89 Å². The minimum atomic E-state index is 0.586. The maximum absolute atomic E-state index is 4.40. The largest absolute Gasteiger partial charge is 0.355 e. The SMILES string of the molecule is CN=C(NCC1CN(C)CCN1C)N1CCCC1. The van der Waals surface area contributed by atoms with Gasteiger partial charge in [0.15, 0.2) is 5.96 Å². The quantitative estimate of drug-likeness (QED) is 0.551. The second-order valence-corrected chi connectivity index (χ2v) is 5.52. The van der Waals surface area contributed by atoms with E-state index < -0.39 is 0 Å². The minimum absolute atomic E-state index is 0.586. The lowest BCUT2D eigenvalue weighted by Gasteiger charge is -2.38. The molecule has 1 atom stereocenters. The summed E-state index contributed by atoms with van der Waals surface area (Å²) < 4.78 is 0. The molecule has 0 aromatic carbocycles. The van der Waals surface area contributed by atoms with Crippen molar-refractivity contribution < 1.29 is 0 Å². The van der Waals surface area contributed by atoms with Crippen LogP contribution < -0.4 is 5.32 Å². The Morgan fingerprint density at radius 3 is 2.56 bits per heavy atom. The van der Waals surface area contributed by atoms with Crippen molar-refractivity contribution in [2.75, 3.05) is 60.4 Å². The van der Waals surface area contributed by atoms with Gasteiger partial charge in [-0.25, -0.2) is 0 Å². The van der Waals surface area contributed by atoms with Gasteiger partial charge in [0.2, 0.25) is 0 Å². The second-order valence-electron chi connectivity index (χ2n) is 5.52. The molecular formula is C13H27N5. The molecule has 5 nitrogen and oxygen atoms in total. The van der Waals surface area contributed by atoms with Gasteiger partial charge in [-0.15, -0.1) is 0 Å². The van der Waals surface area contributed by atoms with Gasteiger partial charge in [0, 0.05) is 52.4 Å². The van der Waals surface area contributed by atoms with Crippen LogP contribution in [0.15, 0.2) is 4.99 Å². The maximum Gasteiger partial charge on any atom is 0.193 e. The molecule has 0 aliphatic carbocycles. The highest BCUT2D eigenvalue weighted by atomic mass is 15.3. The summed E-state index contributed by atoms with van der Waals surface area (Å²) in [5.41, 5.74) is 0. The van der Waals surface area contributed by atoms with E-state index in [2.05, 4.69) is 39.1 Å². The van der Waals surface area contributed by atoms with Crippen LogP contribution in [0.3, 0.4) is 0 Å². The lowest BCUT2D eigenvalue weighted by Crippen LogP contribution is -2.55. The average Bonchev–Trinajstić information content (AvgIpc) is 2.88. The molecule has 0 amide bonds. The van der Waals surface area contributed by atoms with Crippen molar-refractivity contribution in [2.45, 2.75) is 18.9 Å². The van der Waals surface area contributed by atoms with Crippen LogP contribution in [0.2, 0.25) is 0 Å². The third-order valence-electron chi connectivity index (χ3n) is 4.09. The Balaban J connectivity index is 1.81. The number of piperazine rings is 1. The predicted molar refractivity (Wildman–Crippen MR) is 76.1 cm³/mol. The number of likely N-dealkylation sites (tertiary alicyclic amines) is 1. The van der Waals surface area contributed by atoms with Gasteiger partial charge in [0.1, 0.15) is 0 Å². The fourth-order valence-electron chi connectivity index (χ4n) is 2.79. The monoisotopic (exact) mass is 253 g/mol. The van der Waals surface area contributed by atoms with Gasteiger partial charge in [0.05, 0.1) is 0 Å². The van der Waals surface area contributed by atoms with Crippen LogP contribution in [0.5, 0.6) is 0 Å². The van der Waals surface area contributed by atoms with Gasteiger partial charge < -0.3 is 15.1 Å². The summed E-state index contributed by atoms with van der Waals surface area (Å²) in [6, 6.07) is 0.586. The first kappa shape index (κ1) is 13.6. The molecule has 0 aromatic heterocycles. The summed E-state index contributed by atoms with van der Waals surface area (Å²) in [6.07, 6.45) is 2.60. The van der Waals surface area contributed by atoms with Crippen LogP contribution in [0.25, 0.3) is 0 Å². The number of likely N-dealkylation sites (N-methyl/N-ethyl adjacent to an activating group) is 2.